The van der Waals surface area contributed by atoms with Gasteiger partial charge in [-0.3, -0.25) is 34.2 Å². The first kappa shape index (κ1) is 52.6. The molecule has 7 atom stereocenters. The molecule has 3 aromatic heterocycles. The second-order valence-electron chi connectivity index (χ2n) is 23.2. The Kier molecular flexibility index (Phi) is 15.3. The van der Waals surface area contributed by atoms with Gasteiger partial charge in [-0.15, -0.1) is 11.3 Å². The van der Waals surface area contributed by atoms with Crippen molar-refractivity contribution in [2.24, 2.45) is 11.3 Å². The first-order valence-corrected chi connectivity index (χ1v) is 28.2. The molecule has 19 heteroatoms. The number of fused-ring (bicyclic) bond motifs is 6. The topological polar surface area (TPSA) is 180 Å². The lowest BCUT2D eigenvalue weighted by atomic mass is 9.83. The lowest BCUT2D eigenvalue weighted by Crippen LogP contribution is -2.68. The number of nitrogens with zero attached hydrogens (tertiary/aromatic N) is 6. The summed E-state index contributed by atoms with van der Waals surface area (Å²) in [5.74, 6) is -0.837. The van der Waals surface area contributed by atoms with E-state index in [1.165, 1.54) is 21.9 Å². The van der Waals surface area contributed by atoms with E-state index in [0.29, 0.717) is 88.8 Å². The zero-order valence-corrected chi connectivity index (χ0v) is 45.6. The number of hydrogen-bond donors (Lipinski definition) is 2. The standard InChI is InChI=1S/C56H76N8O10S/c1-33-26-73-50(33)51(65)59-47-49(62-30-56(5,31-62)69-7)52-58-44(29-75-52)35-10-11-45-40(21-35)42(23-55(3,4)32-74-54(67)43-9-8-15-64(60-43)53(47)66)48(63(45)17-20-72-39-13-18-70-19-14-39)41-22-37(24-57-46(41)34(2)68-6)36-12-16-61(25-36)38-27-71-28-38/h10-11,21-22,24,29,33-34,36,38-39,43,47,49-50,60H,8-9,12-20,23,25-28,30-32H2,1-7H3,(H,59,65)/t33-,34-,36+,43-,47-,49-,50+/m0/s1. The number of benzene rings is 1. The maximum absolute atomic E-state index is 15.1. The zero-order valence-electron chi connectivity index (χ0n) is 44.8. The first-order chi connectivity index (χ1) is 36.2. The number of amides is 2. The van der Waals surface area contributed by atoms with Crippen LogP contribution in [0.25, 0.3) is 33.4 Å². The van der Waals surface area contributed by atoms with Crippen LogP contribution in [0.2, 0.25) is 0 Å². The van der Waals surface area contributed by atoms with Crippen LogP contribution in [-0.4, -0.2) is 176 Å². The van der Waals surface area contributed by atoms with Gasteiger partial charge in [0.25, 0.3) is 5.91 Å². The third kappa shape index (κ3) is 10.7. The van der Waals surface area contributed by atoms with Gasteiger partial charge in [-0.1, -0.05) is 26.8 Å². The summed E-state index contributed by atoms with van der Waals surface area (Å²) in [6.07, 6.45) is 5.54. The number of carbonyl (C=O) groups excluding carboxylic acids is 3. The highest BCUT2D eigenvalue weighted by Crippen LogP contribution is 2.45. The van der Waals surface area contributed by atoms with Crippen LogP contribution in [0.3, 0.4) is 0 Å². The molecule has 6 bridgehead atoms. The average molecular weight is 1050 g/mol. The maximum Gasteiger partial charge on any atom is 0.324 e. The number of methoxy groups -OCH3 is 2. The Morgan fingerprint density at radius 2 is 1.83 bits per heavy atom. The van der Waals surface area contributed by atoms with E-state index in [1.54, 1.807) is 14.2 Å². The van der Waals surface area contributed by atoms with Gasteiger partial charge in [0.2, 0.25) is 5.91 Å². The van der Waals surface area contributed by atoms with Crippen molar-refractivity contribution in [1.29, 1.82) is 0 Å². The highest BCUT2D eigenvalue weighted by molar-refractivity contribution is 7.10. The minimum Gasteiger partial charge on any atom is -0.464 e. The molecule has 406 valence electrons. The summed E-state index contributed by atoms with van der Waals surface area (Å²) < 4.78 is 44.5. The summed E-state index contributed by atoms with van der Waals surface area (Å²) >= 11 is 1.47. The molecule has 7 aliphatic heterocycles. The Morgan fingerprint density at radius 1 is 1.01 bits per heavy atom. The number of rotatable bonds is 13. The number of pyridine rings is 1. The molecule has 2 N–H and O–H groups in total. The van der Waals surface area contributed by atoms with Crippen LogP contribution >= 0.6 is 11.3 Å². The van der Waals surface area contributed by atoms with Crippen molar-refractivity contribution in [3.63, 3.8) is 0 Å². The minimum absolute atomic E-state index is 0.00260. The van der Waals surface area contributed by atoms with E-state index >= 15 is 4.79 Å². The van der Waals surface area contributed by atoms with E-state index in [4.69, 9.17) is 43.1 Å². The SMILES string of the molecule is CO[C@@H](C)c1ncc([C@@H]2CCN(C3COC3)C2)cc1-c1c2c3cc(ccc3n1CCOC1CCOCC1)-c1csc(n1)[C@@H](N1CC(C)(OC)C1)[C@H](NC(=O)[C@@H]1OC[C@@H]1C)C(=O)N1CCC[C@H](N1)C(=O)OCC(C)(C)C2. The van der Waals surface area contributed by atoms with Gasteiger partial charge in [-0.05, 0) is 94.2 Å². The van der Waals surface area contributed by atoms with E-state index in [-0.39, 0.29) is 36.5 Å². The molecule has 0 aliphatic carbocycles. The molecule has 75 heavy (non-hydrogen) atoms. The zero-order chi connectivity index (χ0) is 52.2. The fourth-order valence-electron chi connectivity index (χ4n) is 12.2. The van der Waals surface area contributed by atoms with Crippen molar-refractivity contribution >= 4 is 40.0 Å². The van der Waals surface area contributed by atoms with Gasteiger partial charge in [0.05, 0.1) is 80.0 Å². The number of nitrogens with one attached hydrogen (secondary N) is 2. The maximum atomic E-state index is 15.1. The van der Waals surface area contributed by atoms with Crippen LogP contribution in [-0.2, 0) is 60.5 Å². The number of carbonyl (C=O) groups is 3. The number of thiazole rings is 1. The molecular weight excluding hydrogens is 977 g/mol. The third-order valence-corrected chi connectivity index (χ3v) is 17.9. The summed E-state index contributed by atoms with van der Waals surface area (Å²) in [5, 5.41) is 8.45. The molecule has 6 fully saturated rings. The van der Waals surface area contributed by atoms with E-state index in [1.807, 2.05) is 13.8 Å². The monoisotopic (exact) mass is 1050 g/mol. The fourth-order valence-corrected chi connectivity index (χ4v) is 13.2. The Morgan fingerprint density at radius 3 is 2.55 bits per heavy atom. The molecule has 10 heterocycles. The molecule has 7 aliphatic rings. The number of esters is 1. The van der Waals surface area contributed by atoms with E-state index < -0.39 is 41.2 Å². The number of hydrogen-bond acceptors (Lipinski definition) is 16. The van der Waals surface area contributed by atoms with Crippen LogP contribution in [0.1, 0.15) is 107 Å². The molecule has 0 radical (unpaired) electrons. The summed E-state index contributed by atoms with van der Waals surface area (Å²) in [4.78, 5) is 59.0. The molecule has 18 nitrogen and oxygen atoms in total. The first-order valence-electron chi connectivity index (χ1n) is 27.3. The highest BCUT2D eigenvalue weighted by Gasteiger charge is 2.50. The van der Waals surface area contributed by atoms with Gasteiger partial charge in [0, 0.05) is 105 Å². The van der Waals surface area contributed by atoms with Crippen molar-refractivity contribution in [3.8, 4) is 22.5 Å². The van der Waals surface area contributed by atoms with E-state index in [9.17, 15) is 9.59 Å². The lowest BCUT2D eigenvalue weighted by molar-refractivity contribution is -0.166. The van der Waals surface area contributed by atoms with Crippen LogP contribution in [0.5, 0.6) is 0 Å². The normalized spacial score (nSPS) is 28.3. The number of hydrazine groups is 1. The van der Waals surface area contributed by atoms with Crippen LogP contribution < -0.4 is 10.7 Å². The molecule has 2 amide bonds. The summed E-state index contributed by atoms with van der Waals surface area (Å²) in [6, 6.07) is 6.91. The number of ether oxygens (including phenoxy) is 7. The van der Waals surface area contributed by atoms with Crippen LogP contribution in [0.15, 0.2) is 35.8 Å². The number of aromatic nitrogens is 3. The summed E-state index contributed by atoms with van der Waals surface area (Å²) in [5.41, 5.74) is 10.2. The van der Waals surface area contributed by atoms with Crippen molar-refractivity contribution < 1.29 is 47.5 Å². The molecule has 4 aromatic rings. The Bertz CT molecular complexity index is 2730. The molecule has 0 unspecified atom stereocenters. The lowest BCUT2D eigenvalue weighted by Gasteiger charge is -2.51. The molecular formula is C56H76N8O10S. The minimum atomic E-state index is -1.07. The molecule has 1 aromatic carbocycles. The van der Waals surface area contributed by atoms with Gasteiger partial charge >= 0.3 is 5.97 Å². The van der Waals surface area contributed by atoms with Gasteiger partial charge in [-0.25, -0.2) is 10.4 Å². The van der Waals surface area contributed by atoms with Gasteiger partial charge < -0.3 is 43.0 Å². The fraction of sp³-hybridized carbons (Fsp3) is 0.661. The molecule has 6 saturated heterocycles. The largest absolute Gasteiger partial charge is 0.464 e. The summed E-state index contributed by atoms with van der Waals surface area (Å²) in [7, 11) is 3.44. The second-order valence-corrected chi connectivity index (χ2v) is 24.1. The molecule has 11 rings (SSSR count). The van der Waals surface area contributed by atoms with Gasteiger partial charge in [0.1, 0.15) is 23.2 Å². The second kappa shape index (κ2) is 21.8. The van der Waals surface area contributed by atoms with Crippen molar-refractivity contribution in [2.75, 3.05) is 93.2 Å². The molecule has 0 spiro atoms. The van der Waals surface area contributed by atoms with Gasteiger partial charge in [0.15, 0.2) is 0 Å². The Balaban J connectivity index is 1.07. The number of cyclic esters (lactones) is 1. The van der Waals surface area contributed by atoms with Crippen molar-refractivity contribution in [2.45, 2.75) is 134 Å². The predicted molar refractivity (Wildman–Crippen MR) is 282 cm³/mol. The van der Waals surface area contributed by atoms with Crippen molar-refractivity contribution in [3.05, 3.63) is 57.7 Å². The van der Waals surface area contributed by atoms with E-state index in [0.717, 1.165) is 90.2 Å². The smallest absolute Gasteiger partial charge is 0.324 e. The Labute approximate surface area is 444 Å². The Hall–Kier alpha value is -4.41. The highest BCUT2D eigenvalue weighted by atomic mass is 32.1. The van der Waals surface area contributed by atoms with E-state index in [2.05, 4.69) is 81.7 Å². The van der Waals surface area contributed by atoms with Crippen LogP contribution in [0.4, 0.5) is 0 Å². The van der Waals surface area contributed by atoms with Crippen LogP contribution in [0, 0.1) is 11.3 Å². The molecule has 0 saturated carbocycles. The summed E-state index contributed by atoms with van der Waals surface area (Å²) in [6.45, 7) is 18.3. The quantitative estimate of drug-likeness (QED) is 0.153. The van der Waals surface area contributed by atoms with Crippen molar-refractivity contribution in [1.82, 2.24) is 40.1 Å². The van der Waals surface area contributed by atoms with Gasteiger partial charge in [-0.2, -0.15) is 0 Å². The third-order valence-electron chi connectivity index (χ3n) is 17.0. The predicted octanol–water partition coefficient (Wildman–Crippen LogP) is 5.82. The number of likely N-dealkylation sites (tertiary alicyclic amines) is 2. The average Bonchev–Trinajstić information content (AvgIpc) is 4.18.